The molecule has 1 aliphatic heterocycles. The fraction of sp³-hybridized carbons (Fsp3) is 0.250. The largest absolute Gasteiger partial charge is 0.496 e. The third-order valence-electron chi connectivity index (χ3n) is 5.59. The van der Waals surface area contributed by atoms with E-state index in [9.17, 15) is 9.59 Å². The van der Waals surface area contributed by atoms with E-state index in [0.29, 0.717) is 48.1 Å². The standard InChI is InChI=1S/C24H24ClN3O3/c1-17(29)18-5-7-19(8-6-18)26-11-13-28(14-12-26)24(30)20-15-21(25)22(16-23(20)31-2)27-9-3-4-10-27/h3-10,15-16H,11-14H2,1-2H3. The highest BCUT2D eigenvalue weighted by Crippen LogP contribution is 2.31. The number of rotatable bonds is 5. The second-order valence-corrected chi connectivity index (χ2v) is 7.88. The topological polar surface area (TPSA) is 54.8 Å². The summed E-state index contributed by atoms with van der Waals surface area (Å²) >= 11 is 6.49. The molecule has 0 radical (unpaired) electrons. The van der Waals surface area contributed by atoms with Crippen LogP contribution < -0.4 is 9.64 Å². The smallest absolute Gasteiger partial charge is 0.257 e. The van der Waals surface area contributed by atoms with Crippen LogP contribution in [0.25, 0.3) is 5.69 Å². The Morgan fingerprint density at radius 2 is 1.61 bits per heavy atom. The van der Waals surface area contributed by atoms with Crippen molar-refractivity contribution >= 4 is 29.0 Å². The lowest BCUT2D eigenvalue weighted by molar-refractivity contribution is 0.0743. The van der Waals surface area contributed by atoms with Gasteiger partial charge in [0.25, 0.3) is 5.91 Å². The monoisotopic (exact) mass is 437 g/mol. The van der Waals surface area contributed by atoms with Gasteiger partial charge in [0.15, 0.2) is 5.78 Å². The number of Topliss-reactive ketones (excluding diaryl/α,β-unsaturated/α-hetero) is 1. The third kappa shape index (κ3) is 4.30. The van der Waals surface area contributed by atoms with Gasteiger partial charge >= 0.3 is 0 Å². The molecular weight excluding hydrogens is 414 g/mol. The summed E-state index contributed by atoms with van der Waals surface area (Å²) in [5.41, 5.74) is 2.97. The molecule has 0 spiro atoms. The highest BCUT2D eigenvalue weighted by molar-refractivity contribution is 6.33. The van der Waals surface area contributed by atoms with Crippen molar-refractivity contribution in [1.29, 1.82) is 0 Å². The van der Waals surface area contributed by atoms with Crippen molar-refractivity contribution in [3.05, 3.63) is 77.1 Å². The van der Waals surface area contributed by atoms with Gasteiger partial charge in [0, 0.05) is 55.9 Å². The molecular formula is C24H24ClN3O3. The van der Waals surface area contributed by atoms with Crippen LogP contribution in [0.2, 0.25) is 5.02 Å². The van der Waals surface area contributed by atoms with Crippen molar-refractivity contribution in [2.24, 2.45) is 0 Å². The second-order valence-electron chi connectivity index (χ2n) is 7.48. The van der Waals surface area contributed by atoms with E-state index in [1.165, 1.54) is 0 Å². The van der Waals surface area contributed by atoms with Gasteiger partial charge in [-0.25, -0.2) is 0 Å². The molecule has 1 fully saturated rings. The van der Waals surface area contributed by atoms with Gasteiger partial charge in [-0.05, 0) is 49.4 Å². The molecule has 1 saturated heterocycles. The van der Waals surface area contributed by atoms with E-state index >= 15 is 0 Å². The number of amides is 1. The number of ketones is 1. The fourth-order valence-corrected chi connectivity index (χ4v) is 4.08. The Labute approximate surface area is 186 Å². The van der Waals surface area contributed by atoms with Crippen LogP contribution in [0.1, 0.15) is 27.6 Å². The number of anilines is 1. The maximum Gasteiger partial charge on any atom is 0.257 e. The summed E-state index contributed by atoms with van der Waals surface area (Å²) in [6.07, 6.45) is 3.79. The number of methoxy groups -OCH3 is 1. The van der Waals surface area contributed by atoms with Gasteiger partial charge in [-0.2, -0.15) is 0 Å². The highest BCUT2D eigenvalue weighted by atomic mass is 35.5. The fourth-order valence-electron chi connectivity index (χ4n) is 3.82. The molecule has 4 rings (SSSR count). The van der Waals surface area contributed by atoms with Crippen LogP contribution in [0.4, 0.5) is 5.69 Å². The molecule has 7 heteroatoms. The number of nitrogens with zero attached hydrogens (tertiary/aromatic N) is 3. The highest BCUT2D eigenvalue weighted by Gasteiger charge is 2.25. The van der Waals surface area contributed by atoms with E-state index in [1.807, 2.05) is 58.3 Å². The molecule has 0 bridgehead atoms. The summed E-state index contributed by atoms with van der Waals surface area (Å²) in [7, 11) is 1.56. The second kappa shape index (κ2) is 8.86. The maximum atomic E-state index is 13.2. The van der Waals surface area contributed by atoms with Crippen molar-refractivity contribution in [3.8, 4) is 11.4 Å². The molecule has 1 aromatic heterocycles. The number of halogens is 1. The van der Waals surface area contributed by atoms with Gasteiger partial charge < -0.3 is 19.1 Å². The van der Waals surface area contributed by atoms with Crippen LogP contribution in [0.15, 0.2) is 60.9 Å². The number of ether oxygens (including phenoxy) is 1. The number of aromatic nitrogens is 1. The average Bonchev–Trinajstić information content (AvgIpc) is 3.33. The van der Waals surface area contributed by atoms with Crippen molar-refractivity contribution in [3.63, 3.8) is 0 Å². The maximum absolute atomic E-state index is 13.2. The summed E-state index contributed by atoms with van der Waals surface area (Å²) in [6, 6.07) is 14.9. The van der Waals surface area contributed by atoms with Crippen molar-refractivity contribution < 1.29 is 14.3 Å². The summed E-state index contributed by atoms with van der Waals surface area (Å²) < 4.78 is 7.40. The molecule has 0 unspecified atom stereocenters. The molecule has 0 atom stereocenters. The minimum atomic E-state index is -0.0932. The van der Waals surface area contributed by atoms with E-state index in [-0.39, 0.29) is 11.7 Å². The van der Waals surface area contributed by atoms with Crippen molar-refractivity contribution in [2.75, 3.05) is 38.2 Å². The Balaban J connectivity index is 1.48. The van der Waals surface area contributed by atoms with Crippen molar-refractivity contribution in [2.45, 2.75) is 6.92 Å². The van der Waals surface area contributed by atoms with Crippen LogP contribution in [0.3, 0.4) is 0 Å². The van der Waals surface area contributed by atoms with Crippen LogP contribution in [-0.4, -0.2) is 54.4 Å². The minimum Gasteiger partial charge on any atom is -0.496 e. The molecule has 31 heavy (non-hydrogen) atoms. The van der Waals surface area contributed by atoms with Gasteiger partial charge in [0.1, 0.15) is 5.75 Å². The molecule has 2 aromatic carbocycles. The molecule has 0 saturated carbocycles. The first kappa shape index (κ1) is 21.0. The van der Waals surface area contributed by atoms with E-state index in [1.54, 1.807) is 26.2 Å². The molecule has 2 heterocycles. The summed E-state index contributed by atoms with van der Waals surface area (Å²) in [4.78, 5) is 28.7. The van der Waals surface area contributed by atoms with E-state index in [2.05, 4.69) is 4.90 Å². The Morgan fingerprint density at radius 3 is 2.19 bits per heavy atom. The molecule has 0 aliphatic carbocycles. The molecule has 3 aromatic rings. The minimum absolute atomic E-state index is 0.0531. The van der Waals surface area contributed by atoms with Crippen molar-refractivity contribution in [1.82, 2.24) is 9.47 Å². The lowest BCUT2D eigenvalue weighted by Crippen LogP contribution is -2.48. The zero-order valence-corrected chi connectivity index (χ0v) is 18.3. The Morgan fingerprint density at radius 1 is 0.968 bits per heavy atom. The molecule has 6 nitrogen and oxygen atoms in total. The first-order valence-electron chi connectivity index (χ1n) is 10.1. The normalized spacial score (nSPS) is 13.9. The summed E-state index contributed by atoms with van der Waals surface area (Å²) in [6.45, 7) is 4.16. The van der Waals surface area contributed by atoms with Crippen LogP contribution >= 0.6 is 11.6 Å². The Kier molecular flexibility index (Phi) is 6.00. The molecule has 1 aliphatic rings. The van der Waals surface area contributed by atoms with E-state index < -0.39 is 0 Å². The molecule has 0 N–H and O–H groups in total. The van der Waals surface area contributed by atoms with E-state index in [4.69, 9.17) is 16.3 Å². The van der Waals surface area contributed by atoms with Gasteiger partial charge in [0.2, 0.25) is 0 Å². The van der Waals surface area contributed by atoms with Gasteiger partial charge in [-0.1, -0.05) is 11.6 Å². The van der Waals surface area contributed by atoms with Gasteiger partial charge in [0.05, 0.1) is 23.4 Å². The van der Waals surface area contributed by atoms with Crippen LogP contribution in [0, 0.1) is 0 Å². The molecule has 160 valence electrons. The first-order valence-corrected chi connectivity index (χ1v) is 10.5. The summed E-state index contributed by atoms with van der Waals surface area (Å²) in [5, 5.41) is 0.490. The Bertz CT molecular complexity index is 1090. The number of benzene rings is 2. The van der Waals surface area contributed by atoms with Gasteiger partial charge in [-0.3, -0.25) is 9.59 Å². The van der Waals surface area contributed by atoms with Gasteiger partial charge in [-0.15, -0.1) is 0 Å². The van der Waals surface area contributed by atoms with E-state index in [0.717, 1.165) is 11.4 Å². The SMILES string of the molecule is COc1cc(-n2cccc2)c(Cl)cc1C(=O)N1CCN(c2ccc(C(C)=O)cc2)CC1. The third-order valence-corrected chi connectivity index (χ3v) is 5.89. The first-order chi connectivity index (χ1) is 15.0. The quantitative estimate of drug-likeness (QED) is 0.558. The van der Waals surface area contributed by atoms with Crippen LogP contribution in [0.5, 0.6) is 5.75 Å². The Hall–Kier alpha value is -3.25. The number of piperazine rings is 1. The zero-order valence-electron chi connectivity index (χ0n) is 17.5. The number of hydrogen-bond donors (Lipinski definition) is 0. The lowest BCUT2D eigenvalue weighted by atomic mass is 10.1. The molecule has 1 amide bonds. The number of carbonyl (C=O) groups is 2. The zero-order chi connectivity index (χ0) is 22.0. The number of carbonyl (C=O) groups excluding carboxylic acids is 2. The average molecular weight is 438 g/mol. The predicted octanol–water partition coefficient (Wildman–Crippen LogP) is 4.30. The predicted molar refractivity (Wildman–Crippen MR) is 122 cm³/mol. The number of hydrogen-bond acceptors (Lipinski definition) is 4. The summed E-state index contributed by atoms with van der Waals surface area (Å²) in [5.74, 6) is 0.460. The lowest BCUT2D eigenvalue weighted by Gasteiger charge is -2.36. The van der Waals surface area contributed by atoms with Crippen LogP contribution in [-0.2, 0) is 0 Å².